The Balaban J connectivity index is 1.37. The molecule has 0 unspecified atom stereocenters. The quantitative estimate of drug-likeness (QED) is 0.715. The van der Waals surface area contributed by atoms with E-state index in [1.165, 1.54) is 17.7 Å². The summed E-state index contributed by atoms with van der Waals surface area (Å²) in [6.07, 6.45) is 4.83. The minimum Gasteiger partial charge on any atom is -0.355 e. The molecule has 1 amide bonds. The Morgan fingerprint density at radius 1 is 0.700 bits per heavy atom. The number of hydrogen-bond acceptors (Lipinski definition) is 5. The second-order valence-corrected chi connectivity index (χ2v) is 7.65. The first-order valence-electron chi connectivity index (χ1n) is 10.3. The highest BCUT2D eigenvalue weighted by Crippen LogP contribution is 2.21. The predicted octanol–water partition coefficient (Wildman–Crippen LogP) is 3.24. The van der Waals surface area contributed by atoms with Gasteiger partial charge in [0.1, 0.15) is 0 Å². The highest BCUT2D eigenvalue weighted by Gasteiger charge is 2.27. The number of anilines is 2. The monoisotopic (exact) mass is 419 g/mol. The molecule has 0 radical (unpaired) electrons. The number of halogens is 3. The van der Waals surface area contributed by atoms with E-state index in [1.807, 2.05) is 17.0 Å². The second kappa shape index (κ2) is 8.89. The van der Waals surface area contributed by atoms with Gasteiger partial charge in [0.25, 0.3) is 5.91 Å². The summed E-state index contributed by atoms with van der Waals surface area (Å²) in [5, 5.41) is 8.73. The number of amides is 1. The molecule has 30 heavy (non-hydrogen) atoms. The Morgan fingerprint density at radius 2 is 1.27 bits per heavy atom. The molecular weight excluding hydrogens is 395 g/mol. The Morgan fingerprint density at radius 3 is 1.83 bits per heavy atom. The Kier molecular flexibility index (Phi) is 6.06. The number of piperazine rings is 1. The van der Waals surface area contributed by atoms with Crippen molar-refractivity contribution in [3.05, 3.63) is 47.3 Å². The maximum absolute atomic E-state index is 13.9. The van der Waals surface area contributed by atoms with Crippen LogP contribution in [0.25, 0.3) is 0 Å². The van der Waals surface area contributed by atoms with Crippen molar-refractivity contribution in [3.63, 3.8) is 0 Å². The van der Waals surface area contributed by atoms with Gasteiger partial charge >= 0.3 is 0 Å². The fraction of sp³-hybridized carbons (Fsp3) is 0.476. The van der Waals surface area contributed by atoms with E-state index >= 15 is 0 Å². The molecule has 2 aliphatic rings. The molecule has 3 heterocycles. The number of rotatable bonds is 3. The maximum Gasteiger partial charge on any atom is 0.257 e. The van der Waals surface area contributed by atoms with E-state index in [4.69, 9.17) is 0 Å². The SMILES string of the molecule is O=C(c1ccc(F)c(F)c1F)N1CCN(c2ccc(N3CCCCCC3)nn2)CC1. The van der Waals surface area contributed by atoms with E-state index in [1.54, 1.807) is 0 Å². The van der Waals surface area contributed by atoms with E-state index < -0.39 is 28.9 Å². The van der Waals surface area contributed by atoms with Crippen LogP contribution in [0.3, 0.4) is 0 Å². The third kappa shape index (κ3) is 4.20. The van der Waals surface area contributed by atoms with Crippen LogP contribution in [0.1, 0.15) is 36.0 Å². The largest absolute Gasteiger partial charge is 0.355 e. The standard InChI is InChI=1S/C21H24F3N5O/c22-16-6-5-15(19(23)20(16)24)21(30)29-13-11-28(12-14-29)18-8-7-17(25-26-18)27-9-3-1-2-4-10-27/h5-8H,1-4,9-14H2. The lowest BCUT2D eigenvalue weighted by atomic mass is 10.1. The molecule has 0 N–H and O–H groups in total. The zero-order valence-corrected chi connectivity index (χ0v) is 16.7. The van der Waals surface area contributed by atoms with E-state index in [-0.39, 0.29) is 0 Å². The number of nitrogens with zero attached hydrogens (tertiary/aromatic N) is 5. The smallest absolute Gasteiger partial charge is 0.257 e. The number of aromatic nitrogens is 2. The normalized spacial score (nSPS) is 17.8. The van der Waals surface area contributed by atoms with Crippen molar-refractivity contribution in [2.45, 2.75) is 25.7 Å². The van der Waals surface area contributed by atoms with Gasteiger partial charge in [-0.05, 0) is 37.1 Å². The lowest BCUT2D eigenvalue weighted by Gasteiger charge is -2.35. The van der Waals surface area contributed by atoms with Gasteiger partial charge in [0.15, 0.2) is 29.1 Å². The van der Waals surface area contributed by atoms with Gasteiger partial charge in [0, 0.05) is 39.3 Å². The summed E-state index contributed by atoms with van der Waals surface area (Å²) in [6, 6.07) is 5.65. The Hall–Kier alpha value is -2.84. The molecule has 0 bridgehead atoms. The van der Waals surface area contributed by atoms with Crippen LogP contribution in [0.4, 0.5) is 24.8 Å². The van der Waals surface area contributed by atoms with Crippen molar-refractivity contribution in [2.75, 3.05) is 49.1 Å². The summed E-state index contributed by atoms with van der Waals surface area (Å²) in [6.45, 7) is 3.63. The molecule has 0 aliphatic carbocycles. The highest BCUT2D eigenvalue weighted by atomic mass is 19.2. The third-order valence-corrected chi connectivity index (χ3v) is 5.72. The molecule has 6 nitrogen and oxygen atoms in total. The van der Waals surface area contributed by atoms with Crippen LogP contribution in [0.5, 0.6) is 0 Å². The minimum atomic E-state index is -1.63. The molecule has 0 saturated carbocycles. The average molecular weight is 419 g/mol. The van der Waals surface area contributed by atoms with Crippen molar-refractivity contribution in [3.8, 4) is 0 Å². The van der Waals surface area contributed by atoms with Crippen molar-refractivity contribution in [1.29, 1.82) is 0 Å². The summed E-state index contributed by atoms with van der Waals surface area (Å²) in [5.74, 6) is -3.43. The number of benzene rings is 1. The summed E-state index contributed by atoms with van der Waals surface area (Å²) in [7, 11) is 0. The fourth-order valence-electron chi connectivity index (χ4n) is 3.96. The molecule has 2 saturated heterocycles. The van der Waals surface area contributed by atoms with Gasteiger partial charge in [-0.15, -0.1) is 10.2 Å². The highest BCUT2D eigenvalue weighted by molar-refractivity contribution is 5.94. The summed E-state index contributed by atoms with van der Waals surface area (Å²) in [5.41, 5.74) is -0.455. The van der Waals surface area contributed by atoms with Crippen molar-refractivity contribution in [1.82, 2.24) is 15.1 Å². The maximum atomic E-state index is 13.9. The zero-order valence-electron chi connectivity index (χ0n) is 16.7. The predicted molar refractivity (Wildman–Crippen MR) is 107 cm³/mol. The molecule has 2 aromatic rings. The first-order valence-corrected chi connectivity index (χ1v) is 10.3. The lowest BCUT2D eigenvalue weighted by molar-refractivity contribution is 0.0740. The summed E-state index contributed by atoms with van der Waals surface area (Å²) in [4.78, 5) is 18.2. The van der Waals surface area contributed by atoms with Crippen LogP contribution >= 0.6 is 0 Å². The van der Waals surface area contributed by atoms with Crippen LogP contribution in [0.2, 0.25) is 0 Å². The van der Waals surface area contributed by atoms with E-state index in [2.05, 4.69) is 15.1 Å². The van der Waals surface area contributed by atoms with Gasteiger partial charge in [-0.25, -0.2) is 13.2 Å². The van der Waals surface area contributed by atoms with E-state index in [9.17, 15) is 18.0 Å². The molecule has 2 fully saturated rings. The third-order valence-electron chi connectivity index (χ3n) is 5.72. The van der Waals surface area contributed by atoms with Crippen LogP contribution in [-0.2, 0) is 0 Å². The lowest BCUT2D eigenvalue weighted by Crippen LogP contribution is -2.49. The molecule has 0 atom stereocenters. The second-order valence-electron chi connectivity index (χ2n) is 7.65. The average Bonchev–Trinajstić information content (AvgIpc) is 3.07. The number of carbonyl (C=O) groups excluding carboxylic acids is 1. The van der Waals surface area contributed by atoms with Gasteiger partial charge in [-0.3, -0.25) is 4.79 Å². The van der Waals surface area contributed by atoms with Gasteiger partial charge in [0.05, 0.1) is 5.56 Å². The van der Waals surface area contributed by atoms with Gasteiger partial charge < -0.3 is 14.7 Å². The zero-order chi connectivity index (χ0) is 21.1. The van der Waals surface area contributed by atoms with Crippen LogP contribution in [-0.4, -0.2) is 60.3 Å². The molecule has 0 spiro atoms. The Labute approximate surface area is 173 Å². The van der Waals surface area contributed by atoms with Crippen molar-refractivity contribution in [2.24, 2.45) is 0 Å². The first-order chi connectivity index (χ1) is 14.5. The fourth-order valence-corrected chi connectivity index (χ4v) is 3.96. The number of hydrogen-bond donors (Lipinski definition) is 0. The molecule has 4 rings (SSSR count). The van der Waals surface area contributed by atoms with Crippen LogP contribution in [0.15, 0.2) is 24.3 Å². The van der Waals surface area contributed by atoms with Crippen molar-refractivity contribution >= 4 is 17.5 Å². The molecule has 9 heteroatoms. The van der Waals surface area contributed by atoms with E-state index in [0.717, 1.165) is 49.7 Å². The molecule has 160 valence electrons. The van der Waals surface area contributed by atoms with Crippen molar-refractivity contribution < 1.29 is 18.0 Å². The van der Waals surface area contributed by atoms with Crippen LogP contribution in [0, 0.1) is 17.5 Å². The van der Waals surface area contributed by atoms with Gasteiger partial charge in [0.2, 0.25) is 0 Å². The summed E-state index contributed by atoms with van der Waals surface area (Å²) >= 11 is 0. The van der Waals surface area contributed by atoms with Crippen LogP contribution < -0.4 is 9.80 Å². The molecule has 2 aliphatic heterocycles. The number of carbonyl (C=O) groups is 1. The topological polar surface area (TPSA) is 52.6 Å². The van der Waals surface area contributed by atoms with Gasteiger partial charge in [-0.1, -0.05) is 12.8 Å². The summed E-state index contributed by atoms with van der Waals surface area (Å²) < 4.78 is 40.5. The van der Waals surface area contributed by atoms with Gasteiger partial charge in [-0.2, -0.15) is 0 Å². The molecular formula is C21H24F3N5O. The van der Waals surface area contributed by atoms with E-state index in [0.29, 0.717) is 26.2 Å². The molecule has 1 aromatic heterocycles. The first kappa shape index (κ1) is 20.4. The Bertz CT molecular complexity index is 892. The molecule has 1 aromatic carbocycles. The minimum absolute atomic E-state index is 0.326.